The summed E-state index contributed by atoms with van der Waals surface area (Å²) in [5, 5.41) is 2.97. The molecule has 0 aliphatic heterocycles. The molecule has 1 aromatic carbocycles. The third-order valence-corrected chi connectivity index (χ3v) is 2.71. The Balaban J connectivity index is 2.66. The van der Waals surface area contributed by atoms with Crippen molar-refractivity contribution in [2.75, 3.05) is 13.6 Å². The quantitative estimate of drug-likeness (QED) is 0.818. The van der Waals surface area contributed by atoms with E-state index in [1.54, 1.807) is 7.05 Å². The highest BCUT2D eigenvalue weighted by Crippen LogP contribution is 2.05. The highest BCUT2D eigenvalue weighted by molar-refractivity contribution is 5.81. The Labute approximate surface area is 97.5 Å². The lowest BCUT2D eigenvalue weighted by molar-refractivity contribution is -0.133. The number of rotatable bonds is 5. The van der Waals surface area contributed by atoms with E-state index in [2.05, 4.69) is 5.32 Å². The van der Waals surface area contributed by atoms with Gasteiger partial charge in [-0.2, -0.15) is 0 Å². The van der Waals surface area contributed by atoms with Crippen LogP contribution in [0.5, 0.6) is 0 Å². The minimum Gasteiger partial charge on any atom is -0.337 e. The van der Waals surface area contributed by atoms with Gasteiger partial charge in [0.25, 0.3) is 0 Å². The molecular weight excluding hydrogens is 200 g/mol. The van der Waals surface area contributed by atoms with Gasteiger partial charge in [-0.15, -0.1) is 0 Å². The summed E-state index contributed by atoms with van der Waals surface area (Å²) in [6, 6.07) is 9.94. The monoisotopic (exact) mass is 220 g/mol. The molecule has 0 bridgehead atoms. The molecule has 0 aliphatic rings. The number of amides is 1. The van der Waals surface area contributed by atoms with E-state index in [-0.39, 0.29) is 11.9 Å². The standard InChI is InChI=1S/C13H20N2O/c1-4-15(13(16)11(2)14-3)10-12-8-6-5-7-9-12/h5-9,11,14H,4,10H2,1-3H3. The largest absolute Gasteiger partial charge is 0.337 e. The Kier molecular flexibility index (Phi) is 4.99. The van der Waals surface area contributed by atoms with Crippen LogP contribution in [0, 0.1) is 0 Å². The zero-order valence-electron chi connectivity index (χ0n) is 10.2. The molecule has 1 atom stereocenters. The summed E-state index contributed by atoms with van der Waals surface area (Å²) < 4.78 is 0. The minimum absolute atomic E-state index is 0.122. The Hall–Kier alpha value is -1.35. The molecule has 1 N–H and O–H groups in total. The van der Waals surface area contributed by atoms with E-state index < -0.39 is 0 Å². The van der Waals surface area contributed by atoms with Crippen LogP contribution in [0.1, 0.15) is 19.4 Å². The molecule has 0 heterocycles. The van der Waals surface area contributed by atoms with Crippen LogP contribution in [0.25, 0.3) is 0 Å². The van der Waals surface area contributed by atoms with Gasteiger partial charge in [-0.05, 0) is 26.5 Å². The van der Waals surface area contributed by atoms with E-state index in [1.807, 2.05) is 49.1 Å². The Morgan fingerprint density at radius 1 is 1.38 bits per heavy atom. The van der Waals surface area contributed by atoms with Gasteiger partial charge in [0.2, 0.25) is 5.91 Å². The van der Waals surface area contributed by atoms with Crippen LogP contribution in [-0.4, -0.2) is 30.4 Å². The van der Waals surface area contributed by atoms with Crippen LogP contribution in [0.2, 0.25) is 0 Å². The molecule has 0 aromatic heterocycles. The predicted octanol–water partition coefficient (Wildman–Crippen LogP) is 1.64. The van der Waals surface area contributed by atoms with Crippen LogP contribution in [0.15, 0.2) is 30.3 Å². The summed E-state index contributed by atoms with van der Waals surface area (Å²) in [6.07, 6.45) is 0. The number of likely N-dealkylation sites (N-methyl/N-ethyl adjacent to an activating group) is 2. The number of carbonyl (C=O) groups excluding carboxylic acids is 1. The molecule has 0 spiro atoms. The fourth-order valence-electron chi connectivity index (χ4n) is 1.55. The van der Waals surface area contributed by atoms with E-state index in [4.69, 9.17) is 0 Å². The minimum atomic E-state index is -0.122. The van der Waals surface area contributed by atoms with Crippen LogP contribution in [0.4, 0.5) is 0 Å². The zero-order valence-corrected chi connectivity index (χ0v) is 10.2. The maximum absolute atomic E-state index is 12.0. The summed E-state index contributed by atoms with van der Waals surface area (Å²) in [7, 11) is 1.80. The summed E-state index contributed by atoms with van der Waals surface area (Å²) >= 11 is 0. The summed E-state index contributed by atoms with van der Waals surface area (Å²) in [5.74, 6) is 0.147. The first-order valence-corrected chi connectivity index (χ1v) is 5.69. The lowest BCUT2D eigenvalue weighted by Gasteiger charge is -2.24. The van der Waals surface area contributed by atoms with E-state index in [9.17, 15) is 4.79 Å². The summed E-state index contributed by atoms with van der Waals surface area (Å²) in [6.45, 7) is 5.31. The second-order valence-corrected chi connectivity index (χ2v) is 3.85. The zero-order chi connectivity index (χ0) is 12.0. The molecule has 0 fully saturated rings. The molecule has 1 rings (SSSR count). The molecule has 16 heavy (non-hydrogen) atoms. The summed E-state index contributed by atoms with van der Waals surface area (Å²) in [5.41, 5.74) is 1.17. The lowest BCUT2D eigenvalue weighted by atomic mass is 10.2. The van der Waals surface area contributed by atoms with Gasteiger partial charge in [-0.25, -0.2) is 0 Å². The van der Waals surface area contributed by atoms with Crippen LogP contribution >= 0.6 is 0 Å². The van der Waals surface area contributed by atoms with Crippen molar-refractivity contribution in [1.82, 2.24) is 10.2 Å². The highest BCUT2D eigenvalue weighted by Gasteiger charge is 2.17. The van der Waals surface area contributed by atoms with Crippen molar-refractivity contribution < 1.29 is 4.79 Å². The van der Waals surface area contributed by atoms with Crippen molar-refractivity contribution in [2.24, 2.45) is 0 Å². The van der Waals surface area contributed by atoms with E-state index in [1.165, 1.54) is 5.56 Å². The van der Waals surface area contributed by atoms with Crippen LogP contribution in [0.3, 0.4) is 0 Å². The first-order chi connectivity index (χ1) is 7.69. The average Bonchev–Trinajstić information content (AvgIpc) is 2.35. The molecule has 3 nitrogen and oxygen atoms in total. The first kappa shape index (κ1) is 12.7. The molecule has 3 heteroatoms. The molecule has 1 unspecified atom stereocenters. The SMILES string of the molecule is CCN(Cc1ccccc1)C(=O)C(C)NC. The van der Waals surface area contributed by atoms with E-state index >= 15 is 0 Å². The third-order valence-electron chi connectivity index (χ3n) is 2.71. The summed E-state index contributed by atoms with van der Waals surface area (Å²) in [4.78, 5) is 13.8. The Bertz CT molecular complexity index is 324. The third kappa shape index (κ3) is 3.35. The molecule has 1 amide bonds. The predicted molar refractivity (Wildman–Crippen MR) is 66.1 cm³/mol. The van der Waals surface area contributed by atoms with E-state index in [0.29, 0.717) is 6.54 Å². The van der Waals surface area contributed by atoms with Gasteiger partial charge in [0.05, 0.1) is 6.04 Å². The van der Waals surface area contributed by atoms with Crippen molar-refractivity contribution in [3.63, 3.8) is 0 Å². The lowest BCUT2D eigenvalue weighted by Crippen LogP contribution is -2.43. The molecule has 0 saturated carbocycles. The van der Waals surface area contributed by atoms with Crippen LogP contribution in [-0.2, 0) is 11.3 Å². The van der Waals surface area contributed by atoms with Gasteiger partial charge >= 0.3 is 0 Å². The van der Waals surface area contributed by atoms with Gasteiger partial charge in [-0.1, -0.05) is 30.3 Å². The topological polar surface area (TPSA) is 32.3 Å². The van der Waals surface area contributed by atoms with Crippen molar-refractivity contribution in [2.45, 2.75) is 26.4 Å². The molecular formula is C13H20N2O. The van der Waals surface area contributed by atoms with Gasteiger partial charge < -0.3 is 10.2 Å². The smallest absolute Gasteiger partial charge is 0.239 e. The fraction of sp³-hybridized carbons (Fsp3) is 0.462. The number of carbonyl (C=O) groups is 1. The number of nitrogens with one attached hydrogen (secondary N) is 1. The van der Waals surface area contributed by atoms with Crippen molar-refractivity contribution >= 4 is 5.91 Å². The van der Waals surface area contributed by atoms with Gasteiger partial charge in [0.1, 0.15) is 0 Å². The number of benzene rings is 1. The van der Waals surface area contributed by atoms with E-state index in [0.717, 1.165) is 6.54 Å². The van der Waals surface area contributed by atoms with Gasteiger partial charge in [0, 0.05) is 13.1 Å². The van der Waals surface area contributed by atoms with Crippen molar-refractivity contribution in [3.05, 3.63) is 35.9 Å². The maximum atomic E-state index is 12.0. The van der Waals surface area contributed by atoms with Crippen LogP contribution < -0.4 is 5.32 Å². The maximum Gasteiger partial charge on any atom is 0.239 e. The van der Waals surface area contributed by atoms with Gasteiger partial charge in [-0.3, -0.25) is 4.79 Å². The molecule has 0 aliphatic carbocycles. The number of hydrogen-bond acceptors (Lipinski definition) is 2. The molecule has 1 aromatic rings. The van der Waals surface area contributed by atoms with Crippen molar-refractivity contribution in [1.29, 1.82) is 0 Å². The first-order valence-electron chi connectivity index (χ1n) is 5.69. The Morgan fingerprint density at radius 3 is 2.50 bits per heavy atom. The molecule has 0 saturated heterocycles. The van der Waals surface area contributed by atoms with Gasteiger partial charge in [0.15, 0.2) is 0 Å². The number of hydrogen-bond donors (Lipinski definition) is 1. The average molecular weight is 220 g/mol. The highest BCUT2D eigenvalue weighted by atomic mass is 16.2. The fourth-order valence-corrected chi connectivity index (χ4v) is 1.55. The second-order valence-electron chi connectivity index (χ2n) is 3.85. The normalized spacial score (nSPS) is 12.2. The second kappa shape index (κ2) is 6.28. The molecule has 0 radical (unpaired) electrons. The Morgan fingerprint density at radius 2 is 2.00 bits per heavy atom. The number of nitrogens with zero attached hydrogens (tertiary/aromatic N) is 1. The molecule has 88 valence electrons. The van der Waals surface area contributed by atoms with Crippen molar-refractivity contribution in [3.8, 4) is 0 Å².